The molecule has 7 nitrogen and oxygen atoms in total. The van der Waals surface area contributed by atoms with Crippen LogP contribution >= 0.6 is 0 Å². The van der Waals surface area contributed by atoms with E-state index < -0.39 is 15.8 Å². The third-order valence-electron chi connectivity index (χ3n) is 4.09. The van der Waals surface area contributed by atoms with Gasteiger partial charge in [-0.2, -0.15) is 0 Å². The number of rotatable bonds is 5. The van der Waals surface area contributed by atoms with Crippen LogP contribution in [0.1, 0.15) is 5.56 Å². The quantitative estimate of drug-likeness (QED) is 0.597. The van der Waals surface area contributed by atoms with Gasteiger partial charge in [0.1, 0.15) is 5.82 Å². The number of halogens is 1. The summed E-state index contributed by atoms with van der Waals surface area (Å²) in [6, 6.07) is 11.5. The number of hydrogen-bond donors (Lipinski definition) is 2. The van der Waals surface area contributed by atoms with Gasteiger partial charge in [-0.15, -0.1) is 0 Å². The van der Waals surface area contributed by atoms with Gasteiger partial charge in [0, 0.05) is 18.8 Å². The maximum absolute atomic E-state index is 12.9. The first-order valence-electron chi connectivity index (χ1n) is 8.44. The van der Waals surface area contributed by atoms with E-state index in [0.29, 0.717) is 44.5 Å². The van der Waals surface area contributed by atoms with Crippen molar-refractivity contribution >= 4 is 21.7 Å². The van der Waals surface area contributed by atoms with Crippen LogP contribution in [0.3, 0.4) is 0 Å². The summed E-state index contributed by atoms with van der Waals surface area (Å²) in [6.45, 7) is 3.03. The first-order chi connectivity index (χ1) is 12.9. The highest BCUT2D eigenvalue weighted by atomic mass is 32.2. The van der Waals surface area contributed by atoms with E-state index in [1.807, 2.05) is 4.90 Å². The highest BCUT2D eigenvalue weighted by molar-refractivity contribution is 7.92. The summed E-state index contributed by atoms with van der Waals surface area (Å²) < 4.78 is 45.4. The van der Waals surface area contributed by atoms with Crippen LogP contribution in [0.25, 0.3) is 0 Å². The lowest BCUT2D eigenvalue weighted by atomic mass is 10.2. The van der Waals surface area contributed by atoms with Gasteiger partial charge in [0.25, 0.3) is 10.0 Å². The zero-order chi connectivity index (χ0) is 19.3. The van der Waals surface area contributed by atoms with Crippen molar-refractivity contribution in [3.63, 3.8) is 0 Å². The van der Waals surface area contributed by atoms with E-state index in [-0.39, 0.29) is 4.90 Å². The number of guanidine groups is 1. The van der Waals surface area contributed by atoms with Crippen molar-refractivity contribution in [1.82, 2.24) is 4.90 Å². The molecule has 0 radical (unpaired) electrons. The van der Waals surface area contributed by atoms with E-state index in [4.69, 9.17) is 10.5 Å². The van der Waals surface area contributed by atoms with Crippen LogP contribution in [0.4, 0.5) is 10.1 Å². The van der Waals surface area contributed by atoms with E-state index in [9.17, 15) is 12.8 Å². The van der Waals surface area contributed by atoms with Gasteiger partial charge >= 0.3 is 0 Å². The Kier molecular flexibility index (Phi) is 5.92. The lowest BCUT2D eigenvalue weighted by Crippen LogP contribution is -2.44. The molecule has 0 saturated carbocycles. The van der Waals surface area contributed by atoms with Crippen LogP contribution in [-0.2, 0) is 21.3 Å². The fraction of sp³-hybridized carbons (Fsp3) is 0.278. The molecule has 1 fully saturated rings. The van der Waals surface area contributed by atoms with Crippen molar-refractivity contribution in [3.8, 4) is 0 Å². The van der Waals surface area contributed by atoms with Gasteiger partial charge in [-0.25, -0.2) is 17.8 Å². The smallest absolute Gasteiger partial charge is 0.261 e. The number of ether oxygens (including phenoxy) is 1. The molecular formula is C18H21FN4O3S. The SMILES string of the molecule is NC(=NCc1ccc(S(=O)(=O)Nc2ccc(F)cc2)cc1)N1CCOCC1. The van der Waals surface area contributed by atoms with E-state index in [1.165, 1.54) is 36.4 Å². The number of sulfonamides is 1. The zero-order valence-electron chi connectivity index (χ0n) is 14.6. The lowest BCUT2D eigenvalue weighted by molar-refractivity contribution is 0.0674. The predicted molar refractivity (Wildman–Crippen MR) is 101 cm³/mol. The van der Waals surface area contributed by atoms with Crippen LogP contribution < -0.4 is 10.5 Å². The van der Waals surface area contributed by atoms with Crippen LogP contribution in [0.2, 0.25) is 0 Å². The predicted octanol–water partition coefficient (Wildman–Crippen LogP) is 1.77. The molecule has 9 heteroatoms. The van der Waals surface area contributed by atoms with Crippen molar-refractivity contribution in [3.05, 3.63) is 59.9 Å². The van der Waals surface area contributed by atoms with Gasteiger partial charge in [-0.05, 0) is 42.0 Å². The van der Waals surface area contributed by atoms with Gasteiger partial charge in [0.2, 0.25) is 0 Å². The highest BCUT2D eigenvalue weighted by Gasteiger charge is 2.15. The van der Waals surface area contributed by atoms with Gasteiger partial charge < -0.3 is 15.4 Å². The van der Waals surface area contributed by atoms with Crippen molar-refractivity contribution in [2.75, 3.05) is 31.0 Å². The van der Waals surface area contributed by atoms with Crippen LogP contribution in [0, 0.1) is 5.82 Å². The minimum atomic E-state index is -3.75. The Labute approximate surface area is 157 Å². The van der Waals surface area contributed by atoms with Crippen LogP contribution in [0.5, 0.6) is 0 Å². The molecule has 3 N–H and O–H groups in total. The van der Waals surface area contributed by atoms with Crippen LogP contribution in [0.15, 0.2) is 58.4 Å². The van der Waals surface area contributed by atoms with Gasteiger partial charge in [-0.3, -0.25) is 4.72 Å². The summed E-state index contributed by atoms with van der Waals surface area (Å²) in [5.41, 5.74) is 7.11. The number of aliphatic imine (C=N–C) groups is 1. The molecule has 27 heavy (non-hydrogen) atoms. The fourth-order valence-corrected chi connectivity index (χ4v) is 3.63. The molecule has 144 valence electrons. The molecule has 1 heterocycles. The summed E-state index contributed by atoms with van der Waals surface area (Å²) in [7, 11) is -3.75. The normalized spacial score (nSPS) is 15.6. The summed E-state index contributed by atoms with van der Waals surface area (Å²) in [5, 5.41) is 0. The Morgan fingerprint density at radius 1 is 1.11 bits per heavy atom. The topological polar surface area (TPSA) is 97.0 Å². The first-order valence-corrected chi connectivity index (χ1v) is 9.92. The third kappa shape index (κ3) is 5.18. The average Bonchev–Trinajstić information content (AvgIpc) is 2.69. The first kappa shape index (κ1) is 19.1. The molecular weight excluding hydrogens is 371 g/mol. The van der Waals surface area contributed by atoms with E-state index in [1.54, 1.807) is 12.1 Å². The monoisotopic (exact) mass is 392 g/mol. The minimum absolute atomic E-state index is 0.112. The number of nitrogens with zero attached hydrogens (tertiary/aromatic N) is 2. The Morgan fingerprint density at radius 2 is 1.74 bits per heavy atom. The number of benzene rings is 2. The van der Waals surface area contributed by atoms with Crippen molar-refractivity contribution in [2.24, 2.45) is 10.7 Å². The molecule has 0 spiro atoms. The fourth-order valence-electron chi connectivity index (χ4n) is 2.57. The second-order valence-corrected chi connectivity index (χ2v) is 7.71. The average molecular weight is 392 g/mol. The molecule has 1 aliphatic rings. The van der Waals surface area contributed by atoms with Crippen molar-refractivity contribution in [2.45, 2.75) is 11.4 Å². The van der Waals surface area contributed by atoms with E-state index in [2.05, 4.69) is 9.71 Å². The van der Waals surface area contributed by atoms with Crippen LogP contribution in [-0.4, -0.2) is 45.6 Å². The third-order valence-corrected chi connectivity index (χ3v) is 5.49. The number of nitrogens with two attached hydrogens (primary N) is 1. The summed E-state index contributed by atoms with van der Waals surface area (Å²) in [5.74, 6) is 0.0205. The number of nitrogens with one attached hydrogen (secondary N) is 1. The maximum atomic E-state index is 12.9. The molecule has 1 saturated heterocycles. The molecule has 0 amide bonds. The Morgan fingerprint density at radius 3 is 2.37 bits per heavy atom. The van der Waals surface area contributed by atoms with Gasteiger partial charge in [0.05, 0.1) is 24.7 Å². The van der Waals surface area contributed by atoms with Crippen molar-refractivity contribution < 1.29 is 17.5 Å². The standard InChI is InChI=1S/C18H21FN4O3S/c19-15-3-5-16(6-4-15)22-27(24,25)17-7-1-14(2-8-17)13-21-18(20)23-9-11-26-12-10-23/h1-8,22H,9-13H2,(H2,20,21). The number of morpholine rings is 1. The molecule has 0 bridgehead atoms. The molecule has 0 aliphatic carbocycles. The summed E-state index contributed by atoms with van der Waals surface area (Å²) >= 11 is 0. The van der Waals surface area contributed by atoms with Gasteiger partial charge in [0.15, 0.2) is 5.96 Å². The lowest BCUT2D eigenvalue weighted by Gasteiger charge is -2.27. The van der Waals surface area contributed by atoms with E-state index in [0.717, 1.165) is 5.56 Å². The molecule has 1 aliphatic heterocycles. The largest absolute Gasteiger partial charge is 0.378 e. The maximum Gasteiger partial charge on any atom is 0.261 e. The minimum Gasteiger partial charge on any atom is -0.378 e. The Balaban J connectivity index is 1.64. The second-order valence-electron chi connectivity index (χ2n) is 6.03. The molecule has 0 atom stereocenters. The molecule has 0 aromatic heterocycles. The molecule has 3 rings (SSSR count). The molecule has 0 unspecified atom stereocenters. The Hall–Kier alpha value is -2.65. The number of hydrogen-bond acceptors (Lipinski definition) is 4. The van der Waals surface area contributed by atoms with E-state index >= 15 is 0 Å². The summed E-state index contributed by atoms with van der Waals surface area (Å²) in [4.78, 5) is 6.42. The second kappa shape index (κ2) is 8.36. The Bertz CT molecular complexity index is 893. The number of anilines is 1. The highest BCUT2D eigenvalue weighted by Crippen LogP contribution is 2.17. The van der Waals surface area contributed by atoms with Crippen molar-refractivity contribution in [1.29, 1.82) is 0 Å². The zero-order valence-corrected chi connectivity index (χ0v) is 15.5. The van der Waals surface area contributed by atoms with Gasteiger partial charge in [-0.1, -0.05) is 12.1 Å². The summed E-state index contributed by atoms with van der Waals surface area (Å²) in [6.07, 6.45) is 0. The molecule has 2 aromatic carbocycles. The molecule has 2 aromatic rings.